The third-order valence-corrected chi connectivity index (χ3v) is 3.69. The molecule has 0 fully saturated rings. The Balaban J connectivity index is 2.02. The third kappa shape index (κ3) is 3.21. The van der Waals surface area contributed by atoms with Crippen LogP contribution in [0, 0.1) is 17.1 Å². The van der Waals surface area contributed by atoms with Crippen molar-refractivity contribution in [2.75, 3.05) is 12.8 Å². The van der Waals surface area contributed by atoms with Gasteiger partial charge < -0.3 is 19.8 Å². The molecule has 6 nitrogen and oxygen atoms in total. The lowest BCUT2D eigenvalue weighted by atomic mass is 10.2. The van der Waals surface area contributed by atoms with Crippen molar-refractivity contribution in [3.63, 3.8) is 0 Å². The molecule has 0 radical (unpaired) electrons. The van der Waals surface area contributed by atoms with E-state index in [1.807, 2.05) is 6.07 Å². The van der Waals surface area contributed by atoms with Crippen LogP contribution in [0.25, 0.3) is 5.69 Å². The molecular formula is C19H14FN3O3. The molecule has 0 saturated carbocycles. The lowest BCUT2D eigenvalue weighted by Gasteiger charge is -2.11. The third-order valence-electron chi connectivity index (χ3n) is 3.69. The first-order valence-corrected chi connectivity index (χ1v) is 7.56. The highest BCUT2D eigenvalue weighted by atomic mass is 19.1. The fourth-order valence-electron chi connectivity index (χ4n) is 2.45. The summed E-state index contributed by atoms with van der Waals surface area (Å²) in [6.45, 7) is 0. The van der Waals surface area contributed by atoms with E-state index in [0.29, 0.717) is 17.2 Å². The molecule has 0 aliphatic heterocycles. The summed E-state index contributed by atoms with van der Waals surface area (Å²) >= 11 is 0. The molecule has 2 aromatic carbocycles. The average molecular weight is 351 g/mol. The zero-order chi connectivity index (χ0) is 18.7. The molecular weight excluding hydrogens is 337 g/mol. The Kier molecular flexibility index (Phi) is 4.58. The lowest BCUT2D eigenvalue weighted by Crippen LogP contribution is -2.11. The number of anilines is 1. The Morgan fingerprint density at radius 3 is 2.58 bits per heavy atom. The predicted molar refractivity (Wildman–Crippen MR) is 92.7 cm³/mol. The number of nitrogens with zero attached hydrogens (tertiary/aromatic N) is 2. The number of methoxy groups -OCH3 is 1. The van der Waals surface area contributed by atoms with Crippen LogP contribution in [0.5, 0.6) is 11.5 Å². The van der Waals surface area contributed by atoms with Gasteiger partial charge in [-0.25, -0.2) is 9.18 Å². The van der Waals surface area contributed by atoms with E-state index in [9.17, 15) is 14.4 Å². The van der Waals surface area contributed by atoms with Gasteiger partial charge in [0, 0.05) is 18.0 Å². The highest BCUT2D eigenvalue weighted by Gasteiger charge is 2.21. The quantitative estimate of drug-likeness (QED) is 0.725. The van der Waals surface area contributed by atoms with Crippen molar-refractivity contribution in [2.24, 2.45) is 0 Å². The van der Waals surface area contributed by atoms with Gasteiger partial charge in [0.05, 0.1) is 18.4 Å². The van der Waals surface area contributed by atoms with Crippen LogP contribution >= 0.6 is 0 Å². The summed E-state index contributed by atoms with van der Waals surface area (Å²) in [4.78, 5) is 12.1. The Bertz CT molecular complexity index is 1000. The number of nitrogens with two attached hydrogens (primary N) is 1. The first-order valence-electron chi connectivity index (χ1n) is 7.56. The van der Waals surface area contributed by atoms with Gasteiger partial charge in [0.1, 0.15) is 23.4 Å². The second kappa shape index (κ2) is 6.99. The van der Waals surface area contributed by atoms with Crippen LogP contribution in [0.3, 0.4) is 0 Å². The Morgan fingerprint density at radius 2 is 1.92 bits per heavy atom. The molecule has 1 aromatic heterocycles. The van der Waals surface area contributed by atoms with Crippen molar-refractivity contribution >= 4 is 11.7 Å². The second-order valence-corrected chi connectivity index (χ2v) is 5.33. The van der Waals surface area contributed by atoms with Gasteiger partial charge in [0.25, 0.3) is 0 Å². The summed E-state index contributed by atoms with van der Waals surface area (Å²) in [5, 5.41) is 9.18. The van der Waals surface area contributed by atoms with Gasteiger partial charge in [0.15, 0.2) is 5.69 Å². The van der Waals surface area contributed by atoms with Crippen LogP contribution in [0.4, 0.5) is 10.1 Å². The number of esters is 1. The van der Waals surface area contributed by atoms with Gasteiger partial charge in [-0.2, -0.15) is 5.26 Å². The van der Waals surface area contributed by atoms with Gasteiger partial charge >= 0.3 is 5.97 Å². The average Bonchev–Trinajstić information content (AvgIpc) is 3.00. The number of nitrogen functional groups attached to an aromatic ring is 1. The molecule has 0 bridgehead atoms. The normalized spacial score (nSPS) is 10.2. The summed E-state index contributed by atoms with van der Waals surface area (Å²) < 4.78 is 24.9. The van der Waals surface area contributed by atoms with Crippen LogP contribution in [0.15, 0.2) is 54.7 Å². The smallest absolute Gasteiger partial charge is 0.357 e. The number of benzene rings is 2. The highest BCUT2D eigenvalue weighted by molar-refractivity contribution is 5.95. The second-order valence-electron chi connectivity index (χ2n) is 5.33. The van der Waals surface area contributed by atoms with Crippen LogP contribution < -0.4 is 10.5 Å². The van der Waals surface area contributed by atoms with Crippen molar-refractivity contribution in [3.8, 4) is 23.3 Å². The fraction of sp³-hybridized carbons (Fsp3) is 0.0526. The molecule has 3 aromatic rings. The summed E-state index contributed by atoms with van der Waals surface area (Å²) in [7, 11) is 1.24. The number of carbonyl (C=O) groups excluding carboxylic acids is 1. The van der Waals surface area contributed by atoms with E-state index in [1.165, 1.54) is 42.1 Å². The minimum atomic E-state index is -0.658. The Labute approximate surface area is 148 Å². The van der Waals surface area contributed by atoms with Crippen LogP contribution in [0.2, 0.25) is 0 Å². The number of halogens is 1. The zero-order valence-electron chi connectivity index (χ0n) is 13.8. The maximum absolute atomic E-state index is 13.0. The summed E-state index contributed by atoms with van der Waals surface area (Å²) in [6, 6.07) is 14.4. The molecule has 0 aliphatic carbocycles. The van der Waals surface area contributed by atoms with Gasteiger partial charge in [-0.3, -0.25) is 0 Å². The molecule has 0 amide bonds. The van der Waals surface area contributed by atoms with E-state index in [4.69, 9.17) is 15.2 Å². The number of hydrogen-bond donors (Lipinski definition) is 1. The molecule has 130 valence electrons. The lowest BCUT2D eigenvalue weighted by molar-refractivity contribution is 0.0593. The monoisotopic (exact) mass is 351 g/mol. The maximum atomic E-state index is 13.0. The van der Waals surface area contributed by atoms with Crippen molar-refractivity contribution in [1.82, 2.24) is 4.57 Å². The van der Waals surface area contributed by atoms with Gasteiger partial charge in [-0.15, -0.1) is 0 Å². The highest BCUT2D eigenvalue weighted by Crippen LogP contribution is 2.28. The predicted octanol–water partition coefficient (Wildman–Crippen LogP) is 3.65. The fourth-order valence-corrected chi connectivity index (χ4v) is 2.45. The van der Waals surface area contributed by atoms with E-state index in [1.54, 1.807) is 24.3 Å². The molecule has 0 saturated heterocycles. The van der Waals surface area contributed by atoms with Crippen molar-refractivity contribution < 1.29 is 18.7 Å². The van der Waals surface area contributed by atoms with Crippen molar-refractivity contribution in [2.45, 2.75) is 0 Å². The largest absolute Gasteiger partial charge is 0.464 e. The Hall–Kier alpha value is -3.79. The van der Waals surface area contributed by atoms with Crippen LogP contribution in [-0.2, 0) is 4.74 Å². The maximum Gasteiger partial charge on any atom is 0.357 e. The van der Waals surface area contributed by atoms with E-state index < -0.39 is 5.97 Å². The van der Waals surface area contributed by atoms with E-state index >= 15 is 0 Å². The number of carbonyl (C=O) groups is 1. The van der Waals surface area contributed by atoms with Gasteiger partial charge in [-0.05, 0) is 36.4 Å². The topological polar surface area (TPSA) is 90.3 Å². The molecule has 26 heavy (non-hydrogen) atoms. The molecule has 2 N–H and O–H groups in total. The molecule has 0 aliphatic rings. The number of hydrogen-bond acceptors (Lipinski definition) is 5. The minimum absolute atomic E-state index is 0.0456. The minimum Gasteiger partial charge on any atom is -0.464 e. The van der Waals surface area contributed by atoms with Crippen molar-refractivity contribution in [1.29, 1.82) is 5.26 Å². The van der Waals surface area contributed by atoms with Crippen LogP contribution in [0.1, 0.15) is 16.1 Å². The first kappa shape index (κ1) is 17.0. The zero-order valence-corrected chi connectivity index (χ0v) is 13.8. The summed E-state index contributed by atoms with van der Waals surface area (Å²) in [5.41, 5.74) is 6.71. The summed E-state index contributed by atoms with van der Waals surface area (Å²) in [6.07, 6.45) is 1.46. The Morgan fingerprint density at radius 1 is 1.19 bits per heavy atom. The molecule has 3 rings (SSSR count). The number of nitriles is 1. The first-order chi connectivity index (χ1) is 12.5. The summed E-state index contributed by atoms with van der Waals surface area (Å²) in [5.74, 6) is -0.0910. The number of ether oxygens (including phenoxy) is 2. The van der Waals surface area contributed by atoms with E-state index in [2.05, 4.69) is 0 Å². The van der Waals surface area contributed by atoms with Gasteiger partial charge in [0.2, 0.25) is 0 Å². The number of aromatic nitrogens is 1. The molecule has 1 heterocycles. The van der Waals surface area contributed by atoms with E-state index in [0.717, 1.165) is 0 Å². The van der Waals surface area contributed by atoms with E-state index in [-0.39, 0.29) is 22.8 Å². The molecule has 7 heteroatoms. The SMILES string of the molecule is COC(=O)c1c(N)c(C#N)cn1-c1cccc(Oc2ccc(F)cc2)c1. The van der Waals surface area contributed by atoms with Crippen molar-refractivity contribution in [3.05, 3.63) is 71.8 Å². The number of rotatable bonds is 4. The standard InChI is InChI=1S/C19H14FN3O3/c1-25-19(24)18-17(22)12(10-21)11-23(18)14-3-2-4-16(9-14)26-15-7-5-13(20)6-8-15/h2-9,11H,22H2,1H3. The molecule has 0 atom stereocenters. The molecule has 0 unspecified atom stereocenters. The van der Waals surface area contributed by atoms with Gasteiger partial charge in [-0.1, -0.05) is 6.07 Å². The van der Waals surface area contributed by atoms with Crippen LogP contribution in [-0.4, -0.2) is 17.6 Å². The molecule has 0 spiro atoms.